The van der Waals surface area contributed by atoms with Gasteiger partial charge in [0.25, 0.3) is 9.84 Å². The Morgan fingerprint density at radius 2 is 1.57 bits per heavy atom. The zero-order valence-corrected chi connectivity index (χ0v) is 16.8. The highest BCUT2D eigenvalue weighted by Crippen LogP contribution is 2.31. The number of anilines is 2. The summed E-state index contributed by atoms with van der Waals surface area (Å²) >= 11 is 0. The summed E-state index contributed by atoms with van der Waals surface area (Å²) in [5.74, 6) is -0.0888. The van der Waals surface area contributed by atoms with E-state index in [0.29, 0.717) is 18.8 Å². The molecule has 1 aliphatic rings. The van der Waals surface area contributed by atoms with Crippen LogP contribution in [-0.4, -0.2) is 50.4 Å². The van der Waals surface area contributed by atoms with E-state index in [4.69, 9.17) is 0 Å². The van der Waals surface area contributed by atoms with Crippen molar-refractivity contribution in [3.8, 4) is 0 Å². The van der Waals surface area contributed by atoms with Gasteiger partial charge in [0.2, 0.25) is 5.91 Å². The fraction of sp³-hybridized carbons (Fsp3) is 0.350. The first-order valence-electron chi connectivity index (χ1n) is 9.40. The van der Waals surface area contributed by atoms with Gasteiger partial charge in [0.1, 0.15) is 0 Å². The summed E-state index contributed by atoms with van der Waals surface area (Å²) in [4.78, 5) is 13.4. The van der Waals surface area contributed by atoms with Crippen molar-refractivity contribution in [2.45, 2.75) is 29.3 Å². The lowest BCUT2D eigenvalue weighted by molar-refractivity contribution is -0.117. The van der Waals surface area contributed by atoms with Crippen LogP contribution in [0.15, 0.2) is 59.5 Å². The molecule has 0 unspecified atom stereocenters. The quantitative estimate of drug-likeness (QED) is 0.718. The maximum absolute atomic E-state index is 12.6. The highest BCUT2D eigenvalue weighted by molar-refractivity contribution is 7.92. The normalized spacial score (nSPS) is 16.2. The Balaban J connectivity index is 1.47. The van der Waals surface area contributed by atoms with Gasteiger partial charge in [0.05, 0.1) is 11.4 Å². The predicted octanol–water partition coefficient (Wildman–Crippen LogP) is 3.50. The van der Waals surface area contributed by atoms with E-state index in [1.807, 2.05) is 35.2 Å². The molecule has 1 amide bonds. The van der Waals surface area contributed by atoms with E-state index in [9.17, 15) is 26.4 Å². The lowest BCUT2D eigenvalue weighted by Crippen LogP contribution is -2.42. The molecule has 1 aliphatic heterocycles. The van der Waals surface area contributed by atoms with Crippen LogP contribution < -0.4 is 10.6 Å². The average Bonchev–Trinajstić information content (AvgIpc) is 2.70. The first kappa shape index (κ1) is 22.1. The van der Waals surface area contributed by atoms with Gasteiger partial charge >= 0.3 is 5.51 Å². The van der Waals surface area contributed by atoms with E-state index in [1.165, 1.54) is 12.1 Å². The second kappa shape index (κ2) is 9.05. The van der Waals surface area contributed by atoms with Crippen LogP contribution in [0.25, 0.3) is 0 Å². The zero-order valence-electron chi connectivity index (χ0n) is 16.0. The minimum Gasteiger partial charge on any atom is -0.382 e. The smallest absolute Gasteiger partial charge is 0.382 e. The first-order chi connectivity index (χ1) is 14.1. The Labute approximate surface area is 173 Å². The molecule has 2 N–H and O–H groups in total. The number of sulfone groups is 1. The van der Waals surface area contributed by atoms with Crippen molar-refractivity contribution in [1.29, 1.82) is 0 Å². The van der Waals surface area contributed by atoms with Crippen LogP contribution in [0, 0.1) is 0 Å². The topological polar surface area (TPSA) is 78.5 Å². The number of carbonyl (C=O) groups excluding carboxylic acids is 1. The molecule has 0 saturated carbocycles. The Kier molecular flexibility index (Phi) is 6.67. The highest BCUT2D eigenvalue weighted by Gasteiger charge is 2.46. The van der Waals surface area contributed by atoms with Crippen LogP contribution in [0.5, 0.6) is 0 Å². The third kappa shape index (κ3) is 5.51. The molecular formula is C20H22F3N3O3S. The third-order valence-electron chi connectivity index (χ3n) is 4.85. The molecule has 0 spiro atoms. The second-order valence-electron chi connectivity index (χ2n) is 7.08. The van der Waals surface area contributed by atoms with Gasteiger partial charge in [-0.05, 0) is 49.2 Å². The van der Waals surface area contributed by atoms with Crippen molar-refractivity contribution in [2.75, 3.05) is 30.3 Å². The number of amides is 1. The van der Waals surface area contributed by atoms with Gasteiger partial charge < -0.3 is 10.6 Å². The number of nitrogens with zero attached hydrogens (tertiary/aromatic N) is 1. The number of alkyl halides is 3. The number of nitrogens with one attached hydrogen (secondary N) is 2. The second-order valence-corrected chi connectivity index (χ2v) is 9.02. The zero-order chi connectivity index (χ0) is 21.8. The van der Waals surface area contributed by atoms with Gasteiger partial charge in [0, 0.05) is 30.5 Å². The summed E-state index contributed by atoms with van der Waals surface area (Å²) in [5, 5.41) is 6.05. The predicted molar refractivity (Wildman–Crippen MR) is 108 cm³/mol. The maximum Gasteiger partial charge on any atom is 0.501 e. The molecule has 1 fully saturated rings. The lowest BCUT2D eigenvalue weighted by atomic mass is 10.0. The standard InChI is InChI=1S/C20H22F3N3O3S/c21-20(22,23)30(28,29)18-8-6-16(7-9-18)24-17-10-12-26(13-11-17)14-19(27)25-15-4-2-1-3-5-15/h1-9,17,24H,10-14H2,(H,25,27). The molecule has 2 aromatic rings. The van der Waals surface area contributed by atoms with E-state index in [0.717, 1.165) is 30.7 Å². The van der Waals surface area contributed by atoms with Crippen LogP contribution >= 0.6 is 0 Å². The van der Waals surface area contributed by atoms with E-state index >= 15 is 0 Å². The molecule has 0 radical (unpaired) electrons. The number of hydrogen-bond donors (Lipinski definition) is 2. The van der Waals surface area contributed by atoms with Crippen molar-refractivity contribution in [1.82, 2.24) is 4.90 Å². The fourth-order valence-corrected chi connectivity index (χ4v) is 4.02. The Morgan fingerprint density at radius 3 is 2.13 bits per heavy atom. The van der Waals surface area contributed by atoms with Crippen molar-refractivity contribution < 1.29 is 26.4 Å². The van der Waals surface area contributed by atoms with E-state index < -0.39 is 20.2 Å². The molecular weight excluding hydrogens is 419 g/mol. The molecule has 0 aromatic heterocycles. The number of benzene rings is 2. The largest absolute Gasteiger partial charge is 0.501 e. The maximum atomic E-state index is 12.6. The summed E-state index contributed by atoms with van der Waals surface area (Å²) in [6, 6.07) is 13.9. The number of piperidine rings is 1. The molecule has 10 heteroatoms. The Morgan fingerprint density at radius 1 is 0.967 bits per heavy atom. The number of carbonyl (C=O) groups is 1. The van der Waals surface area contributed by atoms with Crippen molar-refractivity contribution >= 4 is 27.1 Å². The molecule has 0 aliphatic carbocycles. The summed E-state index contributed by atoms with van der Waals surface area (Å²) < 4.78 is 60.6. The molecule has 3 rings (SSSR count). The molecule has 0 atom stereocenters. The molecule has 30 heavy (non-hydrogen) atoms. The van der Waals surface area contributed by atoms with E-state index in [1.54, 1.807) is 0 Å². The minimum absolute atomic E-state index is 0.0866. The Bertz CT molecular complexity index is 956. The number of hydrogen-bond acceptors (Lipinski definition) is 5. The SMILES string of the molecule is O=C(CN1CCC(Nc2ccc(S(=O)(=O)C(F)(F)F)cc2)CC1)Nc1ccccc1. The van der Waals surface area contributed by atoms with Crippen LogP contribution in [0.4, 0.5) is 24.5 Å². The van der Waals surface area contributed by atoms with Gasteiger partial charge in [-0.3, -0.25) is 9.69 Å². The van der Waals surface area contributed by atoms with Crippen molar-refractivity contribution in [2.24, 2.45) is 0 Å². The van der Waals surface area contributed by atoms with Gasteiger partial charge in [0.15, 0.2) is 0 Å². The molecule has 0 bridgehead atoms. The number of halogens is 3. The Hall–Kier alpha value is -2.59. The molecule has 162 valence electrons. The van der Waals surface area contributed by atoms with E-state index in [-0.39, 0.29) is 18.5 Å². The molecule has 2 aromatic carbocycles. The summed E-state index contributed by atoms with van der Waals surface area (Å²) in [7, 11) is -5.34. The van der Waals surface area contributed by atoms with Crippen LogP contribution in [-0.2, 0) is 14.6 Å². The van der Waals surface area contributed by atoms with Gasteiger partial charge in [-0.25, -0.2) is 8.42 Å². The fourth-order valence-electron chi connectivity index (χ4n) is 3.26. The average molecular weight is 441 g/mol. The highest BCUT2D eigenvalue weighted by atomic mass is 32.2. The van der Waals surface area contributed by atoms with Gasteiger partial charge in [-0.1, -0.05) is 18.2 Å². The molecule has 1 saturated heterocycles. The third-order valence-corrected chi connectivity index (χ3v) is 6.35. The minimum atomic E-state index is -5.34. The number of rotatable bonds is 6. The van der Waals surface area contributed by atoms with Crippen LogP contribution in [0.3, 0.4) is 0 Å². The van der Waals surface area contributed by atoms with Crippen molar-refractivity contribution in [3.05, 3.63) is 54.6 Å². The van der Waals surface area contributed by atoms with Gasteiger partial charge in [-0.15, -0.1) is 0 Å². The molecule has 1 heterocycles. The number of likely N-dealkylation sites (tertiary alicyclic amines) is 1. The summed E-state index contributed by atoms with van der Waals surface area (Å²) in [5.41, 5.74) is -4.02. The molecule has 6 nitrogen and oxygen atoms in total. The van der Waals surface area contributed by atoms with Crippen LogP contribution in [0.1, 0.15) is 12.8 Å². The summed E-state index contributed by atoms with van der Waals surface area (Å²) in [6.45, 7) is 1.67. The number of para-hydroxylation sites is 1. The first-order valence-corrected chi connectivity index (χ1v) is 10.9. The monoisotopic (exact) mass is 441 g/mol. The van der Waals surface area contributed by atoms with Crippen molar-refractivity contribution in [3.63, 3.8) is 0 Å². The summed E-state index contributed by atoms with van der Waals surface area (Å²) in [6.07, 6.45) is 1.50. The van der Waals surface area contributed by atoms with Gasteiger partial charge in [-0.2, -0.15) is 13.2 Å². The van der Waals surface area contributed by atoms with Crippen LogP contribution in [0.2, 0.25) is 0 Å². The van der Waals surface area contributed by atoms with E-state index in [2.05, 4.69) is 10.6 Å². The lowest BCUT2D eigenvalue weighted by Gasteiger charge is -2.32.